The molecule has 1 heterocycles. The average molecular weight is 967 g/mol. The predicted octanol–water partition coefficient (Wildman–Crippen LogP) is 17.5. The number of ether oxygens (including phenoxy) is 3. The summed E-state index contributed by atoms with van der Waals surface area (Å²) < 4.78 is 17.5. The lowest BCUT2D eigenvalue weighted by atomic mass is 9.89. The summed E-state index contributed by atoms with van der Waals surface area (Å²) in [6.07, 6.45) is 2.10. The summed E-state index contributed by atoms with van der Waals surface area (Å²) in [4.78, 5) is 23.9. The molecule has 374 valence electrons. The molecule has 6 aromatic carbocycles. The highest BCUT2D eigenvalue weighted by Crippen LogP contribution is 2.33. The molecule has 1 aromatic heterocycles. The van der Waals surface area contributed by atoms with Gasteiger partial charge in [0.25, 0.3) is 5.91 Å². The van der Waals surface area contributed by atoms with E-state index in [9.17, 15) is 9.59 Å². The van der Waals surface area contributed by atoms with E-state index in [2.05, 4.69) is 138 Å². The Balaban J connectivity index is 0.000000210. The Hall–Kier alpha value is -5.85. The Bertz CT molecular complexity index is 2740. The van der Waals surface area contributed by atoms with E-state index in [0.29, 0.717) is 45.9 Å². The molecule has 0 aliphatic rings. The summed E-state index contributed by atoms with van der Waals surface area (Å²) in [7, 11) is 3.36. The van der Waals surface area contributed by atoms with Gasteiger partial charge in [-0.3, -0.25) is 14.2 Å². The van der Waals surface area contributed by atoms with Gasteiger partial charge >= 0.3 is 5.97 Å². The smallest absolute Gasteiger partial charge is 0.308 e. The fraction of sp³-hybridized carbons (Fsp3) is 0.397. The average Bonchev–Trinajstić information content (AvgIpc) is 3.59. The summed E-state index contributed by atoms with van der Waals surface area (Å²) in [5, 5.41) is 4.23. The number of carbonyl (C=O) groups is 2. The number of carbonyl (C=O) groups excluding carboxylic acids is 2. The number of methoxy groups -OCH3 is 2. The van der Waals surface area contributed by atoms with Crippen molar-refractivity contribution in [2.24, 2.45) is 23.7 Å². The molecule has 6 nitrogen and oxygen atoms in total. The van der Waals surface area contributed by atoms with Gasteiger partial charge in [0.15, 0.2) is 0 Å². The van der Waals surface area contributed by atoms with Gasteiger partial charge in [-0.25, -0.2) is 0 Å². The minimum atomic E-state index is -0.270. The first kappa shape index (κ1) is 56.7. The number of hydrogen-bond acceptors (Lipinski definition) is 5. The molecule has 0 saturated heterocycles. The number of rotatable bonds is 13. The van der Waals surface area contributed by atoms with Crippen molar-refractivity contribution in [3.05, 3.63) is 171 Å². The zero-order chi connectivity index (χ0) is 51.8. The van der Waals surface area contributed by atoms with Crippen LogP contribution in [0.25, 0.3) is 21.7 Å². The van der Waals surface area contributed by atoms with Crippen LogP contribution >= 0.6 is 11.6 Å². The van der Waals surface area contributed by atoms with Crippen LogP contribution in [-0.2, 0) is 17.6 Å². The van der Waals surface area contributed by atoms with Gasteiger partial charge in [-0.05, 0) is 160 Å². The molecule has 7 heteroatoms. The van der Waals surface area contributed by atoms with E-state index >= 15 is 0 Å². The van der Waals surface area contributed by atoms with Gasteiger partial charge in [0, 0.05) is 28.6 Å². The highest BCUT2D eigenvalue weighted by atomic mass is 35.5. The number of benzene rings is 6. The zero-order valence-corrected chi connectivity index (χ0v) is 45.7. The lowest BCUT2D eigenvalue weighted by molar-refractivity contribution is -0.131. The van der Waals surface area contributed by atoms with Crippen LogP contribution < -0.4 is 14.2 Å². The van der Waals surface area contributed by atoms with Crippen molar-refractivity contribution < 1.29 is 23.8 Å². The van der Waals surface area contributed by atoms with E-state index in [1.54, 1.807) is 43.1 Å². The number of esters is 1. The Morgan fingerprint density at radius 2 is 1.11 bits per heavy atom. The summed E-state index contributed by atoms with van der Waals surface area (Å²) in [5.41, 5.74) is 9.13. The largest absolute Gasteiger partial charge is 0.497 e. The van der Waals surface area contributed by atoms with Crippen LogP contribution in [0.2, 0.25) is 5.02 Å². The van der Waals surface area contributed by atoms with Crippen molar-refractivity contribution in [3.8, 4) is 17.2 Å². The third kappa shape index (κ3) is 16.1. The number of aromatic nitrogens is 1. The van der Waals surface area contributed by atoms with Gasteiger partial charge in [-0.15, -0.1) is 0 Å². The second-order valence-corrected chi connectivity index (χ2v) is 20.8. The maximum Gasteiger partial charge on any atom is 0.308 e. The molecule has 0 saturated carbocycles. The molecule has 7 aromatic rings. The molecular weight excluding hydrogens is 886 g/mol. The molecule has 0 radical (unpaired) electrons. The molecule has 70 heavy (non-hydrogen) atoms. The molecular formula is C63H80ClNO5. The van der Waals surface area contributed by atoms with Crippen molar-refractivity contribution in [1.29, 1.82) is 0 Å². The summed E-state index contributed by atoms with van der Waals surface area (Å²) in [6.45, 7) is 30.2. The van der Waals surface area contributed by atoms with E-state index in [-0.39, 0.29) is 11.9 Å². The molecule has 0 aliphatic heterocycles. The highest BCUT2D eigenvalue weighted by Gasteiger charge is 2.21. The van der Waals surface area contributed by atoms with Crippen molar-refractivity contribution in [2.45, 2.75) is 128 Å². The lowest BCUT2D eigenvalue weighted by Gasteiger charge is -2.16. The third-order valence-electron chi connectivity index (χ3n) is 13.0. The topological polar surface area (TPSA) is 66.8 Å². The Morgan fingerprint density at radius 1 is 0.586 bits per heavy atom. The zero-order valence-electron chi connectivity index (χ0n) is 44.9. The standard InChI is InChI=1S/C21H22ClNO2.C16H20O.C15H24.C11H14O2/c1-13(2)11-18-14(3)23(20-10-9-17(25-4)12-19(18)20)21(24)15-5-7-16(22)8-6-15;1-11(2)12(3)13-5-6-15-10-16(17-4)8-7-14(15)9-13;1-11(2)10-14-6-8-15(9-7-14)13(5)12(3)4;1-8(2)10-6-4-5-7-11(10)13-9(3)12/h5-10,12-13H,11H2,1-4H3;5-12H,1-4H3;6-9,11-13H,10H2,1-5H3;4-8H,1-3H3. The lowest BCUT2D eigenvalue weighted by Crippen LogP contribution is -2.13. The quantitative estimate of drug-likeness (QED) is 0.0851. The van der Waals surface area contributed by atoms with E-state index in [1.165, 1.54) is 46.4 Å². The number of fused-ring (bicyclic) bond motifs is 2. The molecule has 0 spiro atoms. The van der Waals surface area contributed by atoms with E-state index < -0.39 is 0 Å². The summed E-state index contributed by atoms with van der Waals surface area (Å²) in [5.74, 6) is 6.35. The molecule has 0 N–H and O–H groups in total. The SMILES string of the molecule is CC(=O)Oc1ccccc1C(C)C.CC(C)Cc1ccc(C(C)C(C)C)cc1.COc1ccc2c(c1)c(CC(C)C)c(C)n2C(=O)c1ccc(Cl)cc1.COc1ccc2cc(C(C)C(C)C)ccc2c1. The first-order valence-corrected chi connectivity index (χ1v) is 25.4. The van der Waals surface area contributed by atoms with E-state index in [0.717, 1.165) is 51.9 Å². The van der Waals surface area contributed by atoms with Crippen LogP contribution in [0, 0.1) is 30.6 Å². The minimum absolute atomic E-state index is 0.0423. The molecule has 0 bridgehead atoms. The maximum absolute atomic E-state index is 13.1. The van der Waals surface area contributed by atoms with Gasteiger partial charge in [0.2, 0.25) is 0 Å². The van der Waals surface area contributed by atoms with Crippen LogP contribution in [0.1, 0.15) is 152 Å². The summed E-state index contributed by atoms with van der Waals surface area (Å²) in [6, 6.07) is 42.6. The van der Waals surface area contributed by atoms with Crippen molar-refractivity contribution in [1.82, 2.24) is 4.57 Å². The van der Waals surface area contributed by atoms with E-state index in [1.807, 2.05) is 55.5 Å². The van der Waals surface area contributed by atoms with E-state index in [4.69, 9.17) is 25.8 Å². The summed E-state index contributed by atoms with van der Waals surface area (Å²) >= 11 is 5.95. The molecule has 2 unspecified atom stereocenters. The van der Waals surface area contributed by atoms with Gasteiger partial charge in [-0.2, -0.15) is 0 Å². The molecule has 2 atom stereocenters. The maximum atomic E-state index is 13.1. The molecule has 0 amide bonds. The number of nitrogens with zero attached hydrogens (tertiary/aromatic N) is 1. The van der Waals surface area contributed by atoms with Crippen LogP contribution in [0.5, 0.6) is 17.2 Å². The third-order valence-corrected chi connectivity index (χ3v) is 13.2. The number of hydrogen-bond donors (Lipinski definition) is 0. The fourth-order valence-electron chi connectivity index (χ4n) is 8.29. The van der Waals surface area contributed by atoms with Gasteiger partial charge < -0.3 is 14.2 Å². The number of para-hydroxylation sites is 1. The molecule has 7 rings (SSSR count). The Labute approximate surface area is 425 Å². The normalized spacial score (nSPS) is 12.0. The predicted molar refractivity (Wildman–Crippen MR) is 297 cm³/mol. The first-order chi connectivity index (χ1) is 33.1. The van der Waals surface area contributed by atoms with Crippen molar-refractivity contribution in [3.63, 3.8) is 0 Å². The van der Waals surface area contributed by atoms with Crippen LogP contribution in [0.4, 0.5) is 0 Å². The van der Waals surface area contributed by atoms with Crippen LogP contribution in [0.3, 0.4) is 0 Å². The monoisotopic (exact) mass is 966 g/mol. The van der Waals surface area contributed by atoms with Crippen molar-refractivity contribution in [2.75, 3.05) is 14.2 Å². The Morgan fingerprint density at radius 3 is 1.67 bits per heavy atom. The van der Waals surface area contributed by atoms with Gasteiger partial charge in [0.05, 0.1) is 19.7 Å². The fourth-order valence-corrected chi connectivity index (χ4v) is 8.42. The molecule has 0 aliphatic carbocycles. The van der Waals surface area contributed by atoms with Crippen molar-refractivity contribution >= 4 is 45.2 Å². The van der Waals surface area contributed by atoms with Gasteiger partial charge in [-0.1, -0.05) is 161 Å². The van der Waals surface area contributed by atoms with Crippen LogP contribution in [0.15, 0.2) is 127 Å². The van der Waals surface area contributed by atoms with Crippen LogP contribution in [-0.4, -0.2) is 30.7 Å². The van der Waals surface area contributed by atoms with Gasteiger partial charge in [0.1, 0.15) is 17.2 Å². The number of halogens is 1. The molecule has 0 fully saturated rings. The second kappa shape index (κ2) is 26.9. The Kier molecular flexibility index (Phi) is 21.8. The second-order valence-electron chi connectivity index (χ2n) is 20.4. The first-order valence-electron chi connectivity index (χ1n) is 25.1. The highest BCUT2D eigenvalue weighted by molar-refractivity contribution is 6.30. The minimum Gasteiger partial charge on any atom is -0.497 e.